The maximum absolute atomic E-state index is 11.7. The monoisotopic (exact) mass is 268 g/mol. The van der Waals surface area contributed by atoms with Gasteiger partial charge in [0.15, 0.2) is 0 Å². The van der Waals surface area contributed by atoms with Gasteiger partial charge in [-0.15, -0.1) is 11.8 Å². The van der Waals surface area contributed by atoms with Crippen LogP contribution in [0.5, 0.6) is 0 Å². The lowest BCUT2D eigenvalue weighted by molar-refractivity contribution is -0.113. The molecular weight excluding hydrogens is 248 g/mol. The fourth-order valence-electron chi connectivity index (χ4n) is 1.46. The highest BCUT2D eigenvalue weighted by molar-refractivity contribution is 8.00. The third-order valence-electron chi connectivity index (χ3n) is 2.68. The normalized spacial score (nSPS) is 12.2. The van der Waals surface area contributed by atoms with Crippen LogP contribution in [0.15, 0.2) is 18.2 Å². The number of anilines is 2. The predicted molar refractivity (Wildman–Crippen MR) is 77.8 cm³/mol. The second-order valence-electron chi connectivity index (χ2n) is 4.20. The van der Waals surface area contributed by atoms with Crippen LogP contribution < -0.4 is 11.1 Å². The number of hydrogen-bond donors (Lipinski definition) is 3. The standard InChI is InChI=1S/C13H20N2O2S/c1-9(6-7-16)18-8-13(17)15-12-5-3-4-11(14)10(12)2/h3-5,9,16H,6-8,14H2,1-2H3,(H,15,17). The molecule has 18 heavy (non-hydrogen) atoms. The number of rotatable bonds is 6. The van der Waals surface area contributed by atoms with Gasteiger partial charge in [-0.05, 0) is 31.0 Å². The van der Waals surface area contributed by atoms with Crippen LogP contribution in [-0.4, -0.2) is 28.6 Å². The number of nitrogens with one attached hydrogen (secondary N) is 1. The van der Waals surface area contributed by atoms with E-state index in [0.29, 0.717) is 17.9 Å². The number of thioether (sulfide) groups is 1. The number of hydrogen-bond acceptors (Lipinski definition) is 4. The van der Waals surface area contributed by atoms with Crippen molar-refractivity contribution < 1.29 is 9.90 Å². The molecule has 1 aromatic carbocycles. The van der Waals surface area contributed by atoms with Crippen molar-refractivity contribution in [2.24, 2.45) is 0 Å². The van der Waals surface area contributed by atoms with Crippen LogP contribution in [0.3, 0.4) is 0 Å². The molecule has 0 aliphatic carbocycles. The smallest absolute Gasteiger partial charge is 0.234 e. The number of carbonyl (C=O) groups excluding carboxylic acids is 1. The zero-order chi connectivity index (χ0) is 13.5. The lowest BCUT2D eigenvalue weighted by Crippen LogP contribution is -2.17. The van der Waals surface area contributed by atoms with Crippen molar-refractivity contribution in [3.63, 3.8) is 0 Å². The Bertz CT molecular complexity index is 410. The zero-order valence-corrected chi connectivity index (χ0v) is 11.6. The summed E-state index contributed by atoms with van der Waals surface area (Å²) in [5.41, 5.74) is 8.10. The third kappa shape index (κ3) is 4.58. The molecule has 1 rings (SSSR count). The van der Waals surface area contributed by atoms with Gasteiger partial charge in [0.05, 0.1) is 5.75 Å². The van der Waals surface area contributed by atoms with Gasteiger partial charge < -0.3 is 16.2 Å². The van der Waals surface area contributed by atoms with Crippen LogP contribution in [-0.2, 0) is 4.79 Å². The van der Waals surface area contributed by atoms with Gasteiger partial charge in [0.2, 0.25) is 5.91 Å². The average Bonchev–Trinajstić information content (AvgIpc) is 2.33. The van der Waals surface area contributed by atoms with Crippen molar-refractivity contribution >= 4 is 29.0 Å². The van der Waals surface area contributed by atoms with Crippen molar-refractivity contribution in [3.8, 4) is 0 Å². The summed E-state index contributed by atoms with van der Waals surface area (Å²) in [5, 5.41) is 11.9. The van der Waals surface area contributed by atoms with Crippen LogP contribution in [0.4, 0.5) is 11.4 Å². The first-order chi connectivity index (χ1) is 8.54. The molecule has 0 spiro atoms. The van der Waals surface area contributed by atoms with Gasteiger partial charge in [0.25, 0.3) is 0 Å². The molecule has 1 aromatic rings. The summed E-state index contributed by atoms with van der Waals surface area (Å²) in [6.07, 6.45) is 0.704. The number of carbonyl (C=O) groups is 1. The number of nitrogens with two attached hydrogens (primary N) is 1. The molecule has 100 valence electrons. The summed E-state index contributed by atoms with van der Waals surface area (Å²) in [6.45, 7) is 4.04. The van der Waals surface area contributed by atoms with Gasteiger partial charge in [-0.2, -0.15) is 0 Å². The highest BCUT2D eigenvalue weighted by atomic mass is 32.2. The Balaban J connectivity index is 2.47. The van der Waals surface area contributed by atoms with Gasteiger partial charge in [0.1, 0.15) is 0 Å². The summed E-state index contributed by atoms with van der Waals surface area (Å²) in [5.74, 6) is 0.341. The minimum Gasteiger partial charge on any atom is -0.398 e. The molecule has 0 saturated carbocycles. The Kier molecular flexibility index (Phi) is 6.01. The molecule has 5 heteroatoms. The Hall–Kier alpha value is -1.20. The molecule has 0 aliphatic heterocycles. The van der Waals surface area contributed by atoms with E-state index in [1.54, 1.807) is 0 Å². The minimum absolute atomic E-state index is 0.0431. The summed E-state index contributed by atoms with van der Waals surface area (Å²) in [4.78, 5) is 11.7. The third-order valence-corrected chi connectivity index (χ3v) is 3.92. The van der Waals surface area contributed by atoms with E-state index in [9.17, 15) is 4.79 Å². The van der Waals surface area contributed by atoms with Crippen LogP contribution in [0.1, 0.15) is 18.9 Å². The summed E-state index contributed by atoms with van der Waals surface area (Å²) in [7, 11) is 0. The Morgan fingerprint density at radius 1 is 1.56 bits per heavy atom. The molecule has 0 aliphatic rings. The van der Waals surface area contributed by atoms with E-state index < -0.39 is 0 Å². The van der Waals surface area contributed by atoms with Crippen LogP contribution in [0, 0.1) is 6.92 Å². The first kappa shape index (κ1) is 14.9. The van der Waals surface area contributed by atoms with Gasteiger partial charge in [-0.1, -0.05) is 13.0 Å². The Labute approximate surface area is 112 Å². The van der Waals surface area contributed by atoms with Gasteiger partial charge in [-0.3, -0.25) is 4.79 Å². The quantitative estimate of drug-likeness (QED) is 0.690. The van der Waals surface area contributed by atoms with Crippen LogP contribution in [0.2, 0.25) is 0 Å². The van der Waals surface area contributed by atoms with E-state index in [1.165, 1.54) is 11.8 Å². The lowest BCUT2D eigenvalue weighted by atomic mass is 10.1. The number of aliphatic hydroxyl groups excluding tert-OH is 1. The van der Waals surface area contributed by atoms with Crippen molar-refractivity contribution in [1.29, 1.82) is 0 Å². The number of amides is 1. The van der Waals surface area contributed by atoms with E-state index in [-0.39, 0.29) is 17.8 Å². The molecule has 0 heterocycles. The second kappa shape index (κ2) is 7.28. The van der Waals surface area contributed by atoms with Gasteiger partial charge >= 0.3 is 0 Å². The number of aliphatic hydroxyl groups is 1. The van der Waals surface area contributed by atoms with Crippen LogP contribution in [0.25, 0.3) is 0 Å². The molecule has 0 fully saturated rings. The highest BCUT2D eigenvalue weighted by Crippen LogP contribution is 2.21. The number of nitrogen functional groups attached to an aromatic ring is 1. The fraction of sp³-hybridized carbons (Fsp3) is 0.462. The molecule has 4 nitrogen and oxygen atoms in total. The number of benzene rings is 1. The molecule has 0 radical (unpaired) electrons. The van der Waals surface area contributed by atoms with E-state index in [1.807, 2.05) is 32.0 Å². The molecule has 1 atom stereocenters. The Morgan fingerprint density at radius 3 is 2.94 bits per heavy atom. The molecule has 0 aromatic heterocycles. The van der Waals surface area contributed by atoms with Crippen molar-refractivity contribution in [2.75, 3.05) is 23.4 Å². The van der Waals surface area contributed by atoms with E-state index >= 15 is 0 Å². The molecular formula is C13H20N2O2S. The minimum atomic E-state index is -0.0431. The maximum Gasteiger partial charge on any atom is 0.234 e. The van der Waals surface area contributed by atoms with Crippen molar-refractivity contribution in [1.82, 2.24) is 0 Å². The first-order valence-electron chi connectivity index (χ1n) is 5.92. The van der Waals surface area contributed by atoms with Gasteiger partial charge in [-0.25, -0.2) is 0 Å². The molecule has 1 amide bonds. The molecule has 0 bridgehead atoms. The van der Waals surface area contributed by atoms with E-state index in [2.05, 4.69) is 5.32 Å². The topological polar surface area (TPSA) is 75.3 Å². The summed E-state index contributed by atoms with van der Waals surface area (Å²) < 4.78 is 0. The Morgan fingerprint density at radius 2 is 2.28 bits per heavy atom. The lowest BCUT2D eigenvalue weighted by Gasteiger charge is -2.12. The highest BCUT2D eigenvalue weighted by Gasteiger charge is 2.09. The molecule has 4 N–H and O–H groups in total. The van der Waals surface area contributed by atoms with E-state index in [4.69, 9.17) is 10.8 Å². The van der Waals surface area contributed by atoms with Gasteiger partial charge in [0, 0.05) is 23.2 Å². The van der Waals surface area contributed by atoms with Crippen LogP contribution >= 0.6 is 11.8 Å². The first-order valence-corrected chi connectivity index (χ1v) is 6.97. The predicted octanol–water partition coefficient (Wildman–Crippen LogP) is 2.02. The largest absolute Gasteiger partial charge is 0.398 e. The molecule has 1 unspecified atom stereocenters. The summed E-state index contributed by atoms with van der Waals surface area (Å²) in [6, 6.07) is 5.47. The average molecular weight is 268 g/mol. The maximum atomic E-state index is 11.7. The molecule has 0 saturated heterocycles. The summed E-state index contributed by atoms with van der Waals surface area (Å²) >= 11 is 1.54. The van der Waals surface area contributed by atoms with Crippen molar-refractivity contribution in [2.45, 2.75) is 25.5 Å². The SMILES string of the molecule is Cc1c(N)cccc1NC(=O)CSC(C)CCO. The fourth-order valence-corrected chi connectivity index (χ4v) is 2.24. The van der Waals surface area contributed by atoms with Crippen molar-refractivity contribution in [3.05, 3.63) is 23.8 Å². The zero-order valence-electron chi connectivity index (χ0n) is 10.8. The second-order valence-corrected chi connectivity index (χ2v) is 5.63. The van der Waals surface area contributed by atoms with E-state index in [0.717, 1.165) is 11.3 Å².